The van der Waals surface area contributed by atoms with E-state index >= 15 is 0 Å². The number of esters is 1. The van der Waals surface area contributed by atoms with Gasteiger partial charge < -0.3 is 26.3 Å². The summed E-state index contributed by atoms with van der Waals surface area (Å²) in [6, 6.07) is 6.19. The third-order valence-corrected chi connectivity index (χ3v) is 5.72. The first-order chi connectivity index (χ1) is 14.5. The number of ether oxygens (including phenoxy) is 2. The maximum atomic E-state index is 12.7. The highest BCUT2D eigenvalue weighted by atomic mass is 16.5. The molecule has 2 atom stereocenters. The number of rotatable bonds is 12. The summed E-state index contributed by atoms with van der Waals surface area (Å²) < 4.78 is 10.7. The lowest BCUT2D eigenvalue weighted by atomic mass is 9.84. The molecule has 2 rings (SSSR count). The molecule has 0 aromatic heterocycles. The van der Waals surface area contributed by atoms with Crippen molar-refractivity contribution < 1.29 is 19.1 Å². The Morgan fingerprint density at radius 3 is 2.63 bits per heavy atom. The van der Waals surface area contributed by atoms with E-state index in [0.29, 0.717) is 19.6 Å². The maximum Gasteiger partial charge on any atom is 0.328 e. The van der Waals surface area contributed by atoms with Gasteiger partial charge in [0.2, 0.25) is 5.91 Å². The average Bonchev–Trinajstić information content (AvgIpc) is 2.78. The highest BCUT2D eigenvalue weighted by Crippen LogP contribution is 2.26. The Morgan fingerprint density at radius 1 is 1.17 bits per heavy atom. The van der Waals surface area contributed by atoms with Crippen LogP contribution in [-0.4, -0.2) is 44.2 Å². The Kier molecular flexibility index (Phi) is 10.7. The topological polar surface area (TPSA) is 117 Å². The van der Waals surface area contributed by atoms with Crippen LogP contribution in [0.1, 0.15) is 56.9 Å². The second-order valence-corrected chi connectivity index (χ2v) is 8.06. The minimum absolute atomic E-state index is 0.174. The summed E-state index contributed by atoms with van der Waals surface area (Å²) in [7, 11) is 1.32. The van der Waals surface area contributed by atoms with E-state index in [4.69, 9.17) is 20.9 Å². The standard InChI is InChI=1S/C23H37N3O4/c1-29-23(28)20(26-22(27)21(25)18-10-4-2-5-11-18)16-17-9-8-12-19(15-17)30-14-7-3-6-13-24/h8-9,12,15,18,20-21H,2-7,10-11,13-14,16,24-25H2,1H3,(H,26,27). The number of amides is 1. The van der Waals surface area contributed by atoms with Crippen LogP contribution in [0.15, 0.2) is 24.3 Å². The predicted octanol–water partition coefficient (Wildman–Crippen LogP) is 2.30. The summed E-state index contributed by atoms with van der Waals surface area (Å²) in [6.45, 7) is 1.32. The van der Waals surface area contributed by atoms with Crippen molar-refractivity contribution in [2.45, 2.75) is 69.9 Å². The molecule has 30 heavy (non-hydrogen) atoms. The Hall–Kier alpha value is -2.12. The summed E-state index contributed by atoms with van der Waals surface area (Å²) in [5.74, 6) is 0.152. The van der Waals surface area contributed by atoms with Gasteiger partial charge in [-0.15, -0.1) is 0 Å². The second-order valence-electron chi connectivity index (χ2n) is 8.06. The number of unbranched alkanes of at least 4 members (excludes halogenated alkanes) is 2. The van der Waals surface area contributed by atoms with E-state index in [-0.39, 0.29) is 11.8 Å². The van der Waals surface area contributed by atoms with Gasteiger partial charge >= 0.3 is 5.97 Å². The number of benzene rings is 1. The lowest BCUT2D eigenvalue weighted by molar-refractivity contribution is -0.145. The molecule has 7 heteroatoms. The van der Waals surface area contributed by atoms with E-state index in [1.807, 2.05) is 24.3 Å². The van der Waals surface area contributed by atoms with Gasteiger partial charge in [0.1, 0.15) is 11.8 Å². The summed E-state index contributed by atoms with van der Waals surface area (Å²) in [5, 5.41) is 2.81. The fraction of sp³-hybridized carbons (Fsp3) is 0.652. The van der Waals surface area contributed by atoms with E-state index in [0.717, 1.165) is 56.3 Å². The van der Waals surface area contributed by atoms with Crippen LogP contribution in [0.3, 0.4) is 0 Å². The van der Waals surface area contributed by atoms with Gasteiger partial charge in [0.05, 0.1) is 19.8 Å². The zero-order valence-corrected chi connectivity index (χ0v) is 18.1. The van der Waals surface area contributed by atoms with Crippen LogP contribution in [-0.2, 0) is 20.7 Å². The van der Waals surface area contributed by atoms with Crippen LogP contribution >= 0.6 is 0 Å². The van der Waals surface area contributed by atoms with Crippen LogP contribution in [0.2, 0.25) is 0 Å². The van der Waals surface area contributed by atoms with Gasteiger partial charge in [-0.1, -0.05) is 31.4 Å². The molecule has 1 fully saturated rings. The smallest absolute Gasteiger partial charge is 0.328 e. The molecular formula is C23H37N3O4. The predicted molar refractivity (Wildman–Crippen MR) is 117 cm³/mol. The first-order valence-electron chi connectivity index (χ1n) is 11.1. The normalized spacial score (nSPS) is 16.5. The van der Waals surface area contributed by atoms with Crippen molar-refractivity contribution in [3.63, 3.8) is 0 Å². The van der Waals surface area contributed by atoms with E-state index in [1.165, 1.54) is 13.5 Å². The number of hydrogen-bond acceptors (Lipinski definition) is 6. The lowest BCUT2D eigenvalue weighted by Crippen LogP contribution is -2.52. The average molecular weight is 420 g/mol. The molecule has 1 saturated carbocycles. The van der Waals surface area contributed by atoms with Crippen molar-refractivity contribution in [1.82, 2.24) is 5.32 Å². The molecule has 0 saturated heterocycles. The van der Waals surface area contributed by atoms with Crippen molar-refractivity contribution in [3.05, 3.63) is 29.8 Å². The van der Waals surface area contributed by atoms with Gasteiger partial charge in [0.25, 0.3) is 0 Å². The molecule has 0 bridgehead atoms. The minimum atomic E-state index is -0.781. The fourth-order valence-corrected chi connectivity index (χ4v) is 3.92. The van der Waals surface area contributed by atoms with E-state index in [2.05, 4.69) is 5.32 Å². The Bertz CT molecular complexity index is 662. The van der Waals surface area contributed by atoms with Gasteiger partial charge in [-0.3, -0.25) is 4.79 Å². The molecule has 5 N–H and O–H groups in total. The van der Waals surface area contributed by atoms with Gasteiger partial charge in [-0.05, 0) is 62.3 Å². The van der Waals surface area contributed by atoms with E-state index < -0.39 is 18.1 Å². The Balaban J connectivity index is 1.94. The third-order valence-electron chi connectivity index (χ3n) is 5.72. The number of carbonyl (C=O) groups excluding carboxylic acids is 2. The van der Waals surface area contributed by atoms with Crippen molar-refractivity contribution in [2.75, 3.05) is 20.3 Å². The van der Waals surface area contributed by atoms with Crippen LogP contribution < -0.4 is 21.5 Å². The summed E-state index contributed by atoms with van der Waals surface area (Å²) in [5.41, 5.74) is 12.6. The highest BCUT2D eigenvalue weighted by Gasteiger charge is 2.30. The number of methoxy groups -OCH3 is 1. The van der Waals surface area contributed by atoms with Crippen LogP contribution in [0.25, 0.3) is 0 Å². The van der Waals surface area contributed by atoms with E-state index in [1.54, 1.807) is 0 Å². The van der Waals surface area contributed by atoms with Crippen molar-refractivity contribution in [3.8, 4) is 5.75 Å². The molecule has 0 aliphatic heterocycles. The summed E-state index contributed by atoms with van der Waals surface area (Å²) in [4.78, 5) is 25.0. The van der Waals surface area contributed by atoms with Gasteiger partial charge in [-0.2, -0.15) is 0 Å². The number of carbonyl (C=O) groups is 2. The van der Waals surface area contributed by atoms with Crippen molar-refractivity contribution in [1.29, 1.82) is 0 Å². The second kappa shape index (κ2) is 13.2. The SMILES string of the molecule is COC(=O)C(Cc1cccc(OCCCCCN)c1)NC(=O)C(N)C1CCCCC1. The molecule has 168 valence electrons. The molecule has 0 radical (unpaired) electrons. The molecule has 0 heterocycles. The number of hydrogen-bond donors (Lipinski definition) is 3. The molecule has 1 aromatic carbocycles. The number of nitrogens with one attached hydrogen (secondary N) is 1. The summed E-state index contributed by atoms with van der Waals surface area (Å²) >= 11 is 0. The molecule has 0 spiro atoms. The molecule has 1 amide bonds. The zero-order valence-electron chi connectivity index (χ0n) is 18.1. The molecule has 7 nitrogen and oxygen atoms in total. The van der Waals surface area contributed by atoms with Crippen LogP contribution in [0.4, 0.5) is 0 Å². The Labute approximate surface area is 179 Å². The van der Waals surface area contributed by atoms with Gasteiger partial charge in [0, 0.05) is 6.42 Å². The molecular weight excluding hydrogens is 382 g/mol. The number of nitrogens with two attached hydrogens (primary N) is 2. The van der Waals surface area contributed by atoms with Crippen LogP contribution in [0.5, 0.6) is 5.75 Å². The quantitative estimate of drug-likeness (QED) is 0.354. The van der Waals surface area contributed by atoms with Gasteiger partial charge in [-0.25, -0.2) is 4.79 Å². The van der Waals surface area contributed by atoms with Crippen molar-refractivity contribution >= 4 is 11.9 Å². The first-order valence-corrected chi connectivity index (χ1v) is 11.1. The lowest BCUT2D eigenvalue weighted by Gasteiger charge is -2.28. The summed E-state index contributed by atoms with van der Waals surface area (Å²) in [6.07, 6.45) is 8.61. The molecule has 1 aliphatic carbocycles. The molecule has 1 aliphatic rings. The fourth-order valence-electron chi connectivity index (χ4n) is 3.92. The third kappa shape index (κ3) is 7.95. The first kappa shape index (κ1) is 24.2. The Morgan fingerprint density at radius 2 is 1.93 bits per heavy atom. The van der Waals surface area contributed by atoms with Crippen molar-refractivity contribution in [2.24, 2.45) is 17.4 Å². The molecule has 2 unspecified atom stereocenters. The monoisotopic (exact) mass is 419 g/mol. The maximum absolute atomic E-state index is 12.7. The zero-order chi connectivity index (χ0) is 21.8. The highest BCUT2D eigenvalue weighted by molar-refractivity contribution is 5.87. The van der Waals surface area contributed by atoms with Crippen LogP contribution in [0, 0.1) is 5.92 Å². The van der Waals surface area contributed by atoms with E-state index in [9.17, 15) is 9.59 Å². The molecule has 1 aromatic rings. The largest absolute Gasteiger partial charge is 0.494 e. The van der Waals surface area contributed by atoms with Gasteiger partial charge in [0.15, 0.2) is 0 Å². The minimum Gasteiger partial charge on any atom is -0.494 e.